The minimum absolute atomic E-state index is 0.546. The molecule has 1 fully saturated rings. The molecule has 1 unspecified atom stereocenters. The average molecular weight is 363 g/mol. The van der Waals surface area contributed by atoms with Gasteiger partial charge in [-0.1, -0.05) is 12.1 Å². The molecule has 6 nitrogen and oxygen atoms in total. The molecule has 0 amide bonds. The summed E-state index contributed by atoms with van der Waals surface area (Å²) in [5.74, 6) is 2.45. The van der Waals surface area contributed by atoms with Gasteiger partial charge in [0, 0.05) is 32.3 Å². The number of methoxy groups -OCH3 is 1. The maximum absolute atomic E-state index is 5.86. The minimum atomic E-state index is 0.546. The van der Waals surface area contributed by atoms with Crippen LogP contribution in [0.5, 0.6) is 5.75 Å². The zero-order chi connectivity index (χ0) is 18.8. The van der Waals surface area contributed by atoms with Gasteiger partial charge in [0.25, 0.3) is 0 Å². The van der Waals surface area contributed by atoms with E-state index in [1.807, 2.05) is 0 Å². The van der Waals surface area contributed by atoms with E-state index < -0.39 is 0 Å². The Bertz CT molecular complexity index is 577. The highest BCUT2D eigenvalue weighted by molar-refractivity contribution is 5.79. The molecule has 6 heteroatoms. The Hall–Kier alpha value is -1.79. The van der Waals surface area contributed by atoms with E-state index >= 15 is 0 Å². The molecule has 1 aliphatic heterocycles. The molecule has 1 atom stereocenters. The Morgan fingerprint density at radius 3 is 2.85 bits per heavy atom. The molecule has 2 rings (SSSR count). The third-order valence-electron chi connectivity index (χ3n) is 4.57. The highest BCUT2D eigenvalue weighted by atomic mass is 16.5. The summed E-state index contributed by atoms with van der Waals surface area (Å²) in [5.41, 5.74) is 2.27. The summed E-state index contributed by atoms with van der Waals surface area (Å²) in [6.45, 7) is 10.0. The fraction of sp³-hybridized carbons (Fsp3) is 0.650. The lowest BCUT2D eigenvalue weighted by molar-refractivity contribution is 0.145. The summed E-state index contributed by atoms with van der Waals surface area (Å²) in [6.07, 6.45) is 1.25. The standard InChI is InChI=1S/C20H34N4O2/c1-5-21-20(22-13-17-8-9-24(3)15-17)23-14-18-7-6-16(2)12-19(18)26-11-10-25-4/h6-7,12,17H,5,8-11,13-15H2,1-4H3,(H2,21,22,23). The van der Waals surface area contributed by atoms with Crippen LogP contribution in [0.1, 0.15) is 24.5 Å². The van der Waals surface area contributed by atoms with Crippen molar-refractivity contribution in [2.24, 2.45) is 10.9 Å². The molecule has 1 saturated heterocycles. The third-order valence-corrected chi connectivity index (χ3v) is 4.57. The van der Waals surface area contributed by atoms with Crippen LogP contribution >= 0.6 is 0 Å². The van der Waals surface area contributed by atoms with Crippen molar-refractivity contribution in [3.63, 3.8) is 0 Å². The van der Waals surface area contributed by atoms with Gasteiger partial charge >= 0.3 is 0 Å². The number of hydrogen-bond acceptors (Lipinski definition) is 4. The molecule has 146 valence electrons. The number of aryl methyl sites for hydroxylation is 1. The fourth-order valence-electron chi connectivity index (χ4n) is 3.10. The Kier molecular flexibility index (Phi) is 8.71. The van der Waals surface area contributed by atoms with E-state index in [0.29, 0.717) is 25.7 Å². The van der Waals surface area contributed by atoms with E-state index in [0.717, 1.165) is 36.9 Å². The Morgan fingerprint density at radius 2 is 2.15 bits per heavy atom. The summed E-state index contributed by atoms with van der Waals surface area (Å²) >= 11 is 0. The van der Waals surface area contributed by atoms with Crippen LogP contribution in [0, 0.1) is 12.8 Å². The first-order valence-corrected chi connectivity index (χ1v) is 9.54. The summed E-state index contributed by atoms with van der Waals surface area (Å²) in [7, 11) is 3.86. The molecule has 1 aromatic rings. The number of nitrogens with one attached hydrogen (secondary N) is 2. The monoisotopic (exact) mass is 362 g/mol. The van der Waals surface area contributed by atoms with Gasteiger partial charge in [0.15, 0.2) is 5.96 Å². The van der Waals surface area contributed by atoms with Gasteiger partial charge in [-0.05, 0) is 51.4 Å². The maximum Gasteiger partial charge on any atom is 0.191 e. The number of nitrogens with zero attached hydrogens (tertiary/aromatic N) is 2. The van der Waals surface area contributed by atoms with Gasteiger partial charge < -0.3 is 25.0 Å². The van der Waals surface area contributed by atoms with Gasteiger partial charge in [-0.2, -0.15) is 0 Å². The average Bonchev–Trinajstić information content (AvgIpc) is 3.04. The largest absolute Gasteiger partial charge is 0.491 e. The smallest absolute Gasteiger partial charge is 0.191 e. The first-order chi connectivity index (χ1) is 12.6. The zero-order valence-electron chi connectivity index (χ0n) is 16.7. The molecule has 0 aromatic heterocycles. The topological polar surface area (TPSA) is 58.1 Å². The quantitative estimate of drug-likeness (QED) is 0.400. The molecule has 0 saturated carbocycles. The first-order valence-electron chi connectivity index (χ1n) is 9.54. The second-order valence-corrected chi connectivity index (χ2v) is 6.95. The molecule has 1 aromatic carbocycles. The second kappa shape index (κ2) is 11.0. The molecule has 0 bridgehead atoms. The molecular formula is C20H34N4O2. The Balaban J connectivity index is 1.96. The van der Waals surface area contributed by atoms with Crippen molar-refractivity contribution in [3.05, 3.63) is 29.3 Å². The van der Waals surface area contributed by atoms with Gasteiger partial charge in [-0.25, -0.2) is 4.99 Å². The van der Waals surface area contributed by atoms with Crippen LogP contribution in [0.2, 0.25) is 0 Å². The molecule has 0 radical (unpaired) electrons. The van der Waals surface area contributed by atoms with Crippen molar-refractivity contribution in [1.29, 1.82) is 0 Å². The first kappa shape index (κ1) is 20.5. The van der Waals surface area contributed by atoms with Crippen molar-refractivity contribution >= 4 is 5.96 Å². The van der Waals surface area contributed by atoms with E-state index in [1.54, 1.807) is 7.11 Å². The minimum Gasteiger partial charge on any atom is -0.491 e. The molecule has 0 aliphatic carbocycles. The van der Waals surface area contributed by atoms with Crippen molar-refractivity contribution in [3.8, 4) is 5.75 Å². The number of guanidine groups is 1. The molecule has 2 N–H and O–H groups in total. The zero-order valence-corrected chi connectivity index (χ0v) is 16.7. The number of benzene rings is 1. The number of aliphatic imine (C=N–C) groups is 1. The molecule has 1 aliphatic rings. The lowest BCUT2D eigenvalue weighted by Crippen LogP contribution is -2.40. The Labute approximate surface area is 158 Å². The van der Waals surface area contributed by atoms with E-state index in [4.69, 9.17) is 14.5 Å². The van der Waals surface area contributed by atoms with Crippen LogP contribution in [0.25, 0.3) is 0 Å². The maximum atomic E-state index is 5.86. The highest BCUT2D eigenvalue weighted by Gasteiger charge is 2.19. The highest BCUT2D eigenvalue weighted by Crippen LogP contribution is 2.21. The Morgan fingerprint density at radius 1 is 1.31 bits per heavy atom. The van der Waals surface area contributed by atoms with Crippen LogP contribution in [0.15, 0.2) is 23.2 Å². The molecular weight excluding hydrogens is 328 g/mol. The predicted octanol–water partition coefficient (Wildman–Crippen LogP) is 2.03. The summed E-state index contributed by atoms with van der Waals surface area (Å²) in [6, 6.07) is 6.26. The molecule has 26 heavy (non-hydrogen) atoms. The van der Waals surface area contributed by atoms with Crippen LogP contribution in [0.3, 0.4) is 0 Å². The van der Waals surface area contributed by atoms with Gasteiger partial charge in [-0.15, -0.1) is 0 Å². The van der Waals surface area contributed by atoms with Gasteiger partial charge in [0.1, 0.15) is 12.4 Å². The van der Waals surface area contributed by atoms with E-state index in [-0.39, 0.29) is 0 Å². The van der Waals surface area contributed by atoms with Crippen molar-refractivity contribution in [2.45, 2.75) is 26.8 Å². The van der Waals surface area contributed by atoms with Gasteiger partial charge in [-0.3, -0.25) is 0 Å². The molecule has 0 spiro atoms. The van der Waals surface area contributed by atoms with E-state index in [9.17, 15) is 0 Å². The van der Waals surface area contributed by atoms with Crippen molar-refractivity contribution in [2.75, 3.05) is 53.6 Å². The summed E-state index contributed by atoms with van der Waals surface area (Å²) in [4.78, 5) is 7.13. The van der Waals surface area contributed by atoms with Crippen LogP contribution in [-0.4, -0.2) is 64.4 Å². The third kappa shape index (κ3) is 6.84. The van der Waals surface area contributed by atoms with Crippen LogP contribution in [0.4, 0.5) is 0 Å². The lowest BCUT2D eigenvalue weighted by atomic mass is 10.1. The second-order valence-electron chi connectivity index (χ2n) is 6.95. The number of likely N-dealkylation sites (tertiary alicyclic amines) is 1. The van der Waals surface area contributed by atoms with Crippen LogP contribution < -0.4 is 15.4 Å². The predicted molar refractivity (Wildman–Crippen MR) is 107 cm³/mol. The molecule has 1 heterocycles. The lowest BCUT2D eigenvalue weighted by Gasteiger charge is -2.16. The number of ether oxygens (including phenoxy) is 2. The fourth-order valence-corrected chi connectivity index (χ4v) is 3.10. The normalized spacial score (nSPS) is 18.2. The van der Waals surface area contributed by atoms with Crippen molar-refractivity contribution in [1.82, 2.24) is 15.5 Å². The van der Waals surface area contributed by atoms with Gasteiger partial charge in [0.2, 0.25) is 0 Å². The number of hydrogen-bond donors (Lipinski definition) is 2. The SMILES string of the molecule is CCNC(=NCc1ccc(C)cc1OCCOC)NCC1CCN(C)C1. The number of rotatable bonds is 9. The van der Waals surface area contributed by atoms with Crippen LogP contribution in [-0.2, 0) is 11.3 Å². The van der Waals surface area contributed by atoms with E-state index in [2.05, 4.69) is 54.6 Å². The van der Waals surface area contributed by atoms with Crippen molar-refractivity contribution < 1.29 is 9.47 Å². The summed E-state index contributed by atoms with van der Waals surface area (Å²) < 4.78 is 10.9. The van der Waals surface area contributed by atoms with Gasteiger partial charge in [0.05, 0.1) is 13.2 Å². The summed E-state index contributed by atoms with van der Waals surface area (Å²) in [5, 5.41) is 6.82. The van der Waals surface area contributed by atoms with E-state index in [1.165, 1.54) is 18.5 Å².